The van der Waals surface area contributed by atoms with Crippen molar-refractivity contribution in [3.63, 3.8) is 0 Å². The molecule has 2 aromatic carbocycles. The molecule has 1 aliphatic rings. The minimum absolute atomic E-state index is 0. The zero-order valence-corrected chi connectivity index (χ0v) is 19.8. The van der Waals surface area contributed by atoms with Gasteiger partial charge in [0.1, 0.15) is 0 Å². The van der Waals surface area contributed by atoms with Crippen LogP contribution in [0.5, 0.6) is 0 Å². The molecule has 0 aliphatic carbocycles. The number of anilines is 1. The van der Waals surface area contributed by atoms with Crippen molar-refractivity contribution in [2.24, 2.45) is 5.92 Å². The fraction of sp³-hybridized carbons (Fsp3) is 0.409. The van der Waals surface area contributed by atoms with Crippen LogP contribution in [-0.4, -0.2) is 33.5 Å². The molecule has 0 radical (unpaired) electrons. The third kappa shape index (κ3) is 6.47. The predicted molar refractivity (Wildman–Crippen MR) is 123 cm³/mol. The van der Waals surface area contributed by atoms with Crippen molar-refractivity contribution in [1.29, 1.82) is 0 Å². The van der Waals surface area contributed by atoms with Crippen LogP contribution in [-0.2, 0) is 16.2 Å². The number of rotatable bonds is 6. The summed E-state index contributed by atoms with van der Waals surface area (Å²) in [4.78, 5) is 11.6. The van der Waals surface area contributed by atoms with E-state index in [9.17, 15) is 26.4 Å². The first-order chi connectivity index (χ1) is 15.0. The quantitative estimate of drug-likeness (QED) is 0.544. The van der Waals surface area contributed by atoms with Gasteiger partial charge in [0.25, 0.3) is 5.91 Å². The fourth-order valence-electron chi connectivity index (χ4n) is 3.93. The van der Waals surface area contributed by atoms with Crippen LogP contribution in [0.1, 0.15) is 41.3 Å². The third-order valence-electron chi connectivity index (χ3n) is 5.72. The summed E-state index contributed by atoms with van der Waals surface area (Å²) in [5.74, 6) is -0.555. The smallest absolute Gasteiger partial charge is 0.322 e. The summed E-state index contributed by atoms with van der Waals surface area (Å²) in [5, 5.41) is 5.62. The minimum Gasteiger partial charge on any atom is -0.322 e. The molecule has 0 unspecified atom stereocenters. The number of halogens is 4. The first kappa shape index (κ1) is 27.1. The van der Waals surface area contributed by atoms with Crippen LogP contribution < -0.4 is 15.4 Å². The number of nitrogens with one attached hydrogen (secondary N) is 3. The van der Waals surface area contributed by atoms with Gasteiger partial charge in [0, 0.05) is 17.3 Å². The van der Waals surface area contributed by atoms with Gasteiger partial charge < -0.3 is 10.6 Å². The van der Waals surface area contributed by atoms with E-state index < -0.39 is 38.6 Å². The van der Waals surface area contributed by atoms with E-state index in [2.05, 4.69) is 15.4 Å². The van der Waals surface area contributed by atoms with E-state index in [4.69, 9.17) is 0 Å². The maximum Gasteiger partial charge on any atom is 0.418 e. The van der Waals surface area contributed by atoms with E-state index in [0.717, 1.165) is 38.9 Å². The summed E-state index contributed by atoms with van der Waals surface area (Å²) in [6.07, 6.45) is -3.46. The Labute approximate surface area is 197 Å². The number of benzene rings is 2. The molecule has 11 heteroatoms. The Morgan fingerprint density at radius 3 is 2.27 bits per heavy atom. The van der Waals surface area contributed by atoms with Gasteiger partial charge in [-0.25, -0.2) is 13.1 Å². The molecule has 2 aromatic rings. The van der Waals surface area contributed by atoms with E-state index >= 15 is 0 Å². The van der Waals surface area contributed by atoms with Crippen molar-refractivity contribution < 1.29 is 26.4 Å². The molecular formula is C22H27ClF3N3O3S. The normalized spacial score (nSPS) is 16.0. The molecular weight excluding hydrogens is 479 g/mol. The standard InChI is InChI=1S/C22H26F3N3O3S.ClH/c1-14-18(27-21(29)17-6-4-3-5-7-17)8-9-19(20(14)22(23,24)25)32(30,31)28-15(2)16-10-12-26-13-11-16;/h3-9,15-16,26,28H,10-13H2,1-2H3,(H,27,29);1H/t15-;/m1./s1. The maximum absolute atomic E-state index is 14.0. The summed E-state index contributed by atoms with van der Waals surface area (Å²) in [7, 11) is -4.45. The molecule has 0 bridgehead atoms. The summed E-state index contributed by atoms with van der Waals surface area (Å²) in [6, 6.07) is 9.60. The van der Waals surface area contributed by atoms with Crippen LogP contribution in [0, 0.1) is 12.8 Å². The number of hydrogen-bond acceptors (Lipinski definition) is 4. The zero-order chi connectivity index (χ0) is 23.5. The van der Waals surface area contributed by atoms with E-state index in [1.54, 1.807) is 25.1 Å². The first-order valence-corrected chi connectivity index (χ1v) is 11.8. The topological polar surface area (TPSA) is 87.3 Å². The summed E-state index contributed by atoms with van der Waals surface area (Å²) >= 11 is 0. The Morgan fingerprint density at radius 2 is 1.70 bits per heavy atom. The SMILES string of the molecule is Cc1c(NC(=O)c2ccccc2)ccc(S(=O)(=O)N[C@H](C)C2CCNCC2)c1C(F)(F)F.Cl. The van der Waals surface area contributed by atoms with Crippen LogP contribution in [0.2, 0.25) is 0 Å². The van der Waals surface area contributed by atoms with Crippen LogP contribution >= 0.6 is 12.4 Å². The Kier molecular flexibility index (Phi) is 8.92. The van der Waals surface area contributed by atoms with E-state index in [0.29, 0.717) is 0 Å². The average Bonchev–Trinajstić information content (AvgIpc) is 2.75. The van der Waals surface area contributed by atoms with Gasteiger partial charge in [-0.05, 0) is 75.5 Å². The molecule has 1 saturated heterocycles. The van der Waals surface area contributed by atoms with Gasteiger partial charge >= 0.3 is 6.18 Å². The molecule has 0 aromatic heterocycles. The second-order valence-electron chi connectivity index (χ2n) is 7.93. The average molecular weight is 506 g/mol. The van der Waals surface area contributed by atoms with E-state index in [-0.39, 0.29) is 35.1 Å². The molecule has 3 rings (SSSR count). The largest absolute Gasteiger partial charge is 0.418 e. The highest BCUT2D eigenvalue weighted by atomic mass is 35.5. The van der Waals surface area contributed by atoms with E-state index in [1.165, 1.54) is 18.2 Å². The summed E-state index contributed by atoms with van der Waals surface area (Å²) in [6.45, 7) is 4.29. The Morgan fingerprint density at radius 1 is 1.09 bits per heavy atom. The number of carbonyl (C=O) groups excluding carboxylic acids is 1. The van der Waals surface area contributed by atoms with Gasteiger partial charge in [-0.3, -0.25) is 4.79 Å². The van der Waals surface area contributed by atoms with Crippen molar-refractivity contribution in [2.45, 2.75) is 43.8 Å². The van der Waals surface area contributed by atoms with Gasteiger partial charge in [-0.1, -0.05) is 18.2 Å². The van der Waals surface area contributed by atoms with Crippen molar-refractivity contribution in [2.75, 3.05) is 18.4 Å². The fourth-order valence-corrected chi connectivity index (χ4v) is 5.52. The molecule has 1 fully saturated rings. The van der Waals surface area contributed by atoms with Crippen molar-refractivity contribution in [3.05, 3.63) is 59.2 Å². The molecule has 33 heavy (non-hydrogen) atoms. The molecule has 3 N–H and O–H groups in total. The lowest BCUT2D eigenvalue weighted by molar-refractivity contribution is -0.140. The summed E-state index contributed by atoms with van der Waals surface area (Å²) in [5.41, 5.74) is -1.47. The Balaban J connectivity index is 0.00000385. The molecule has 6 nitrogen and oxygen atoms in total. The highest BCUT2D eigenvalue weighted by Gasteiger charge is 2.40. The van der Waals surface area contributed by atoms with Crippen LogP contribution in [0.15, 0.2) is 47.4 Å². The highest BCUT2D eigenvalue weighted by molar-refractivity contribution is 7.89. The molecule has 0 saturated carbocycles. The predicted octanol–water partition coefficient (Wildman–Crippen LogP) is 4.35. The second-order valence-corrected chi connectivity index (χ2v) is 9.61. The van der Waals surface area contributed by atoms with Crippen molar-refractivity contribution in [3.8, 4) is 0 Å². The number of carbonyl (C=O) groups is 1. The highest BCUT2D eigenvalue weighted by Crippen LogP contribution is 2.39. The molecule has 1 heterocycles. The Bertz CT molecular complexity index is 1070. The Hall–Kier alpha value is -2.14. The number of alkyl halides is 3. The third-order valence-corrected chi connectivity index (χ3v) is 7.32. The van der Waals surface area contributed by atoms with Gasteiger partial charge in [-0.2, -0.15) is 13.2 Å². The number of amides is 1. The molecule has 1 aliphatic heterocycles. The van der Waals surface area contributed by atoms with Gasteiger partial charge in [0.15, 0.2) is 0 Å². The number of hydrogen-bond donors (Lipinski definition) is 3. The molecule has 0 spiro atoms. The second kappa shape index (κ2) is 10.9. The minimum atomic E-state index is -4.93. The lowest BCUT2D eigenvalue weighted by atomic mass is 9.92. The summed E-state index contributed by atoms with van der Waals surface area (Å²) < 4.78 is 70.2. The lowest BCUT2D eigenvalue weighted by Crippen LogP contribution is -2.43. The van der Waals surface area contributed by atoms with Gasteiger partial charge in [0.05, 0.1) is 10.5 Å². The number of sulfonamides is 1. The molecule has 182 valence electrons. The number of piperidine rings is 1. The zero-order valence-electron chi connectivity index (χ0n) is 18.2. The van der Waals surface area contributed by atoms with Crippen LogP contribution in [0.4, 0.5) is 18.9 Å². The molecule has 1 amide bonds. The van der Waals surface area contributed by atoms with Crippen molar-refractivity contribution >= 4 is 34.0 Å². The van der Waals surface area contributed by atoms with E-state index in [1.807, 2.05) is 0 Å². The van der Waals surface area contributed by atoms with Gasteiger partial charge in [0.2, 0.25) is 10.0 Å². The maximum atomic E-state index is 14.0. The first-order valence-electron chi connectivity index (χ1n) is 10.3. The van der Waals surface area contributed by atoms with Crippen molar-refractivity contribution in [1.82, 2.24) is 10.0 Å². The lowest BCUT2D eigenvalue weighted by Gasteiger charge is -2.29. The van der Waals surface area contributed by atoms with Crippen LogP contribution in [0.3, 0.4) is 0 Å². The van der Waals surface area contributed by atoms with Crippen LogP contribution in [0.25, 0.3) is 0 Å². The molecule has 1 atom stereocenters. The monoisotopic (exact) mass is 505 g/mol. The van der Waals surface area contributed by atoms with Gasteiger partial charge in [-0.15, -0.1) is 12.4 Å².